The summed E-state index contributed by atoms with van der Waals surface area (Å²) in [4.78, 5) is 4.91. The zero-order valence-corrected chi connectivity index (χ0v) is 36.2. The standard InChI is InChI=1S/C58H42B2N2O2/c1-35-15-23-43(24-16-35)61-49-29-19-37(3)31-47(49)59-45-27-21-42(40-13-9-6-10-14-40)34-52(45)64-58-53(59)55(61)57-54-56(58)62(44-25-17-36(2)18-26-44)50-30-20-38(4)32-48(50)60(54)46-28-22-41(33-51(46)63-57)39-11-7-5-8-12-39/h5-34H,1-4H3. The van der Waals surface area contributed by atoms with E-state index in [4.69, 9.17) is 9.47 Å². The van der Waals surface area contributed by atoms with Gasteiger partial charge in [-0.2, -0.15) is 0 Å². The molecule has 13 rings (SSSR count). The molecule has 0 aliphatic carbocycles. The highest BCUT2D eigenvalue weighted by Gasteiger charge is 2.52. The van der Waals surface area contributed by atoms with Crippen LogP contribution in [0.15, 0.2) is 182 Å². The number of fused-ring (bicyclic) bond motifs is 10. The molecule has 0 radical (unpaired) electrons. The van der Waals surface area contributed by atoms with Crippen LogP contribution in [0.1, 0.15) is 22.3 Å². The summed E-state index contributed by atoms with van der Waals surface area (Å²) in [5, 5.41) is 0. The molecule has 6 heteroatoms. The summed E-state index contributed by atoms with van der Waals surface area (Å²) >= 11 is 0. The Morgan fingerprint density at radius 1 is 0.344 bits per heavy atom. The molecule has 4 aliphatic heterocycles. The third kappa shape index (κ3) is 5.45. The first-order chi connectivity index (χ1) is 31.4. The molecular weight excluding hydrogens is 778 g/mol. The molecule has 4 aliphatic rings. The minimum absolute atomic E-state index is 0.143. The van der Waals surface area contributed by atoms with Crippen molar-refractivity contribution in [2.45, 2.75) is 27.7 Å². The van der Waals surface area contributed by atoms with E-state index in [2.05, 4.69) is 219 Å². The van der Waals surface area contributed by atoms with Crippen LogP contribution in [0.2, 0.25) is 0 Å². The van der Waals surface area contributed by atoms with E-state index >= 15 is 0 Å². The van der Waals surface area contributed by atoms with Gasteiger partial charge in [0.05, 0.1) is 11.4 Å². The fraction of sp³-hybridized carbons (Fsp3) is 0.0690. The quantitative estimate of drug-likeness (QED) is 0.165. The van der Waals surface area contributed by atoms with E-state index in [1.807, 2.05) is 0 Å². The maximum Gasteiger partial charge on any atom is 0.256 e. The Morgan fingerprint density at radius 3 is 1.14 bits per heavy atom. The highest BCUT2D eigenvalue weighted by Crippen LogP contribution is 2.54. The zero-order chi connectivity index (χ0) is 42.8. The number of hydrogen-bond donors (Lipinski definition) is 0. The summed E-state index contributed by atoms with van der Waals surface area (Å²) < 4.78 is 15.3. The van der Waals surface area contributed by atoms with Gasteiger partial charge in [-0.1, -0.05) is 156 Å². The molecule has 302 valence electrons. The van der Waals surface area contributed by atoms with Crippen molar-refractivity contribution < 1.29 is 9.47 Å². The summed E-state index contributed by atoms with van der Waals surface area (Å²) in [5.41, 5.74) is 22.9. The molecule has 0 fully saturated rings. The van der Waals surface area contributed by atoms with Crippen LogP contribution in [0.5, 0.6) is 23.0 Å². The summed E-state index contributed by atoms with van der Waals surface area (Å²) in [7, 11) is 0. The van der Waals surface area contributed by atoms with Gasteiger partial charge >= 0.3 is 0 Å². The second-order valence-corrected chi connectivity index (χ2v) is 18.0. The van der Waals surface area contributed by atoms with Gasteiger partial charge in [0, 0.05) is 33.7 Å². The van der Waals surface area contributed by atoms with Crippen LogP contribution < -0.4 is 52.1 Å². The monoisotopic (exact) mass is 820 g/mol. The predicted octanol–water partition coefficient (Wildman–Crippen LogP) is 11.1. The highest BCUT2D eigenvalue weighted by atomic mass is 16.5. The van der Waals surface area contributed by atoms with Gasteiger partial charge in [-0.3, -0.25) is 0 Å². The fourth-order valence-electron chi connectivity index (χ4n) is 10.8. The number of hydrogen-bond acceptors (Lipinski definition) is 4. The lowest BCUT2D eigenvalue weighted by molar-refractivity contribution is 0.477. The van der Waals surface area contributed by atoms with Crippen molar-refractivity contribution in [3.8, 4) is 45.3 Å². The van der Waals surface area contributed by atoms with Crippen molar-refractivity contribution in [3.05, 3.63) is 204 Å². The van der Waals surface area contributed by atoms with Gasteiger partial charge in [0.1, 0.15) is 23.0 Å². The molecule has 0 saturated carbocycles. The SMILES string of the molecule is Cc1ccc(N2c3ccc(C)cc3B3c4ccc(-c5ccccc5)cc4Oc4c3c2c2c3c4N(c4ccc(C)cc4)c4ccc(C)cc4B3c3ccc(-c4ccccc4)cc3O2)cc1. The van der Waals surface area contributed by atoms with E-state index < -0.39 is 0 Å². The maximum absolute atomic E-state index is 7.66. The zero-order valence-electron chi connectivity index (χ0n) is 36.2. The molecule has 0 N–H and O–H groups in total. The maximum atomic E-state index is 7.66. The van der Waals surface area contributed by atoms with Crippen LogP contribution in [-0.4, -0.2) is 13.4 Å². The molecule has 0 aromatic heterocycles. The first-order valence-corrected chi connectivity index (χ1v) is 22.3. The van der Waals surface area contributed by atoms with Crippen LogP contribution in [0.25, 0.3) is 22.3 Å². The van der Waals surface area contributed by atoms with Gasteiger partial charge < -0.3 is 19.3 Å². The van der Waals surface area contributed by atoms with Gasteiger partial charge in [0.15, 0.2) is 0 Å². The Bertz CT molecular complexity index is 3160. The minimum Gasteiger partial charge on any atom is -0.456 e. The molecule has 9 aromatic rings. The van der Waals surface area contributed by atoms with E-state index in [-0.39, 0.29) is 13.4 Å². The highest BCUT2D eigenvalue weighted by molar-refractivity contribution is 7.02. The first-order valence-electron chi connectivity index (χ1n) is 22.3. The van der Waals surface area contributed by atoms with Crippen LogP contribution >= 0.6 is 0 Å². The lowest BCUT2D eigenvalue weighted by Crippen LogP contribution is -2.64. The topological polar surface area (TPSA) is 24.9 Å². The van der Waals surface area contributed by atoms with Crippen LogP contribution in [-0.2, 0) is 0 Å². The van der Waals surface area contributed by atoms with Crippen molar-refractivity contribution in [2.24, 2.45) is 0 Å². The lowest BCUT2D eigenvalue weighted by atomic mass is 9.31. The molecule has 0 spiro atoms. The summed E-state index contributed by atoms with van der Waals surface area (Å²) in [6.45, 7) is 8.43. The number of nitrogens with zero attached hydrogens (tertiary/aromatic N) is 2. The van der Waals surface area contributed by atoms with Crippen molar-refractivity contribution >= 4 is 80.3 Å². The van der Waals surface area contributed by atoms with E-state index in [1.165, 1.54) is 33.2 Å². The molecule has 0 atom stereocenters. The molecule has 64 heavy (non-hydrogen) atoms. The average Bonchev–Trinajstić information content (AvgIpc) is 3.33. The van der Waals surface area contributed by atoms with Crippen LogP contribution in [0.3, 0.4) is 0 Å². The van der Waals surface area contributed by atoms with Gasteiger partial charge in [0.2, 0.25) is 0 Å². The molecule has 0 unspecified atom stereocenters. The largest absolute Gasteiger partial charge is 0.456 e. The third-order valence-electron chi connectivity index (χ3n) is 13.8. The van der Waals surface area contributed by atoms with Crippen LogP contribution in [0, 0.1) is 27.7 Å². The summed E-state index contributed by atoms with van der Waals surface area (Å²) in [6.07, 6.45) is 0. The number of aryl methyl sites for hydroxylation is 4. The minimum atomic E-state index is -0.143. The number of anilines is 6. The third-order valence-corrected chi connectivity index (χ3v) is 13.8. The smallest absolute Gasteiger partial charge is 0.256 e. The first kappa shape index (κ1) is 36.9. The Balaban J connectivity index is 1.19. The molecular formula is C58H42B2N2O2. The predicted molar refractivity (Wildman–Crippen MR) is 268 cm³/mol. The fourth-order valence-corrected chi connectivity index (χ4v) is 10.8. The molecule has 9 aromatic carbocycles. The normalized spacial score (nSPS) is 13.4. The van der Waals surface area contributed by atoms with Gasteiger partial charge in [-0.05, 0) is 120 Å². The molecule has 4 heterocycles. The number of benzene rings is 9. The summed E-state index contributed by atoms with van der Waals surface area (Å²) in [6, 6.07) is 66.7. The molecule has 0 bridgehead atoms. The summed E-state index contributed by atoms with van der Waals surface area (Å²) in [5.74, 6) is 3.48. The second-order valence-electron chi connectivity index (χ2n) is 18.0. The van der Waals surface area contributed by atoms with Crippen molar-refractivity contribution in [2.75, 3.05) is 9.80 Å². The van der Waals surface area contributed by atoms with E-state index in [0.29, 0.717) is 0 Å². The van der Waals surface area contributed by atoms with Crippen molar-refractivity contribution in [3.63, 3.8) is 0 Å². The van der Waals surface area contributed by atoms with E-state index in [0.717, 1.165) is 101 Å². The van der Waals surface area contributed by atoms with Gasteiger partial charge in [-0.15, -0.1) is 0 Å². The Hall–Kier alpha value is -7.69. The average molecular weight is 821 g/mol. The lowest BCUT2D eigenvalue weighted by Gasteiger charge is -2.47. The van der Waals surface area contributed by atoms with Crippen molar-refractivity contribution in [1.29, 1.82) is 0 Å². The van der Waals surface area contributed by atoms with Gasteiger partial charge in [0.25, 0.3) is 13.4 Å². The number of rotatable bonds is 4. The number of ether oxygens (including phenoxy) is 2. The molecule has 0 amide bonds. The Labute approximate surface area is 375 Å². The van der Waals surface area contributed by atoms with Crippen molar-refractivity contribution in [1.82, 2.24) is 0 Å². The Kier molecular flexibility index (Phi) is 8.02. The molecule has 0 saturated heterocycles. The Morgan fingerprint density at radius 2 is 0.734 bits per heavy atom. The second kappa shape index (κ2) is 13.9. The van der Waals surface area contributed by atoms with E-state index in [1.54, 1.807) is 0 Å². The van der Waals surface area contributed by atoms with E-state index in [9.17, 15) is 0 Å². The molecule has 4 nitrogen and oxygen atoms in total. The van der Waals surface area contributed by atoms with Crippen LogP contribution in [0.4, 0.5) is 34.1 Å². The van der Waals surface area contributed by atoms with Gasteiger partial charge in [-0.25, -0.2) is 0 Å².